The lowest BCUT2D eigenvalue weighted by molar-refractivity contribution is 0.0841. The van der Waals surface area contributed by atoms with Crippen molar-refractivity contribution >= 4 is 11.8 Å². The van der Waals surface area contributed by atoms with Crippen molar-refractivity contribution in [3.63, 3.8) is 0 Å². The fraction of sp³-hybridized carbons (Fsp3) is 0. The predicted octanol–water partition coefficient (Wildman–Crippen LogP) is 2.18. The Labute approximate surface area is 117 Å². The highest BCUT2D eigenvalue weighted by Crippen LogP contribution is 2.09. The maximum Gasteiger partial charge on any atom is 0.272 e. The van der Waals surface area contributed by atoms with E-state index in [2.05, 4.69) is 0 Å². The number of rotatable bonds is 2. The average molecular weight is 294 g/mol. The second-order valence-electron chi connectivity index (χ2n) is 4.01. The number of amides is 2. The third-order valence-corrected chi connectivity index (χ3v) is 2.58. The van der Waals surface area contributed by atoms with Crippen molar-refractivity contribution < 1.29 is 22.8 Å². The van der Waals surface area contributed by atoms with E-state index in [1.807, 2.05) is 10.9 Å². The number of hydrogen-bond acceptors (Lipinski definition) is 2. The van der Waals surface area contributed by atoms with Crippen molar-refractivity contribution in [2.24, 2.45) is 0 Å². The van der Waals surface area contributed by atoms with Gasteiger partial charge in [-0.25, -0.2) is 13.2 Å². The van der Waals surface area contributed by atoms with Crippen LogP contribution >= 0.6 is 0 Å². The number of halogens is 3. The quantitative estimate of drug-likeness (QED) is 0.834. The lowest BCUT2D eigenvalue weighted by Gasteiger charge is -2.08. The monoisotopic (exact) mass is 294 g/mol. The van der Waals surface area contributed by atoms with Crippen LogP contribution in [0.25, 0.3) is 0 Å². The first kappa shape index (κ1) is 14.6. The number of hydrogen-bond donors (Lipinski definition) is 2. The molecule has 21 heavy (non-hydrogen) atoms. The Hall–Kier alpha value is -2.83. The maximum atomic E-state index is 13.3. The second kappa shape index (κ2) is 6.08. The van der Waals surface area contributed by atoms with Gasteiger partial charge >= 0.3 is 0 Å². The minimum Gasteiger partial charge on any atom is -0.267 e. The Kier molecular flexibility index (Phi) is 4.22. The molecule has 0 saturated heterocycles. The highest BCUT2D eigenvalue weighted by atomic mass is 19.1. The van der Waals surface area contributed by atoms with Crippen LogP contribution < -0.4 is 10.9 Å². The summed E-state index contributed by atoms with van der Waals surface area (Å²) in [6.07, 6.45) is 0. The minimum atomic E-state index is -1.06. The molecule has 0 aliphatic carbocycles. The molecule has 7 heteroatoms. The van der Waals surface area contributed by atoms with Gasteiger partial charge in [-0.3, -0.25) is 20.4 Å². The molecule has 2 aromatic carbocycles. The molecule has 0 heterocycles. The summed E-state index contributed by atoms with van der Waals surface area (Å²) in [4.78, 5) is 23.2. The van der Waals surface area contributed by atoms with E-state index in [0.717, 1.165) is 18.2 Å². The van der Waals surface area contributed by atoms with Gasteiger partial charge in [0.05, 0.1) is 11.1 Å². The van der Waals surface area contributed by atoms with Crippen molar-refractivity contribution in [2.75, 3.05) is 0 Å². The summed E-state index contributed by atoms with van der Waals surface area (Å²) in [5, 5.41) is 0. The highest BCUT2D eigenvalue weighted by Gasteiger charge is 2.15. The molecule has 0 aliphatic heterocycles. The Bertz CT molecular complexity index is 704. The average Bonchev–Trinajstić information content (AvgIpc) is 2.47. The summed E-state index contributed by atoms with van der Waals surface area (Å²) in [7, 11) is 0. The van der Waals surface area contributed by atoms with Gasteiger partial charge in [-0.05, 0) is 30.3 Å². The molecule has 0 unspecified atom stereocenters. The number of carbonyl (C=O) groups is 2. The Morgan fingerprint density at radius 2 is 1.33 bits per heavy atom. The number of benzene rings is 2. The van der Waals surface area contributed by atoms with Gasteiger partial charge in [0.25, 0.3) is 11.8 Å². The molecule has 0 spiro atoms. The molecule has 2 N–H and O–H groups in total. The zero-order valence-electron chi connectivity index (χ0n) is 10.5. The molecule has 0 saturated carbocycles. The lowest BCUT2D eigenvalue weighted by atomic mass is 10.2. The van der Waals surface area contributed by atoms with Gasteiger partial charge < -0.3 is 0 Å². The second-order valence-corrected chi connectivity index (χ2v) is 4.01. The third kappa shape index (κ3) is 3.38. The third-order valence-electron chi connectivity index (χ3n) is 2.58. The largest absolute Gasteiger partial charge is 0.272 e. The zero-order chi connectivity index (χ0) is 15.4. The van der Waals surface area contributed by atoms with E-state index in [0.29, 0.717) is 6.07 Å². The van der Waals surface area contributed by atoms with Crippen molar-refractivity contribution in [2.45, 2.75) is 0 Å². The molecule has 0 fully saturated rings. The standard InChI is InChI=1S/C14H9F3N2O2/c15-8-5-6-12(17)10(7-8)14(21)19-18-13(20)9-3-1-2-4-11(9)16/h1-7H,(H,18,20)(H,19,21). The van der Waals surface area contributed by atoms with Crippen LogP contribution in [0.5, 0.6) is 0 Å². The van der Waals surface area contributed by atoms with Crippen molar-refractivity contribution in [3.8, 4) is 0 Å². The molecule has 0 aliphatic rings. The number of hydrazine groups is 1. The summed E-state index contributed by atoms with van der Waals surface area (Å²) in [5.41, 5.74) is 2.92. The summed E-state index contributed by atoms with van der Waals surface area (Å²) in [5.74, 6) is -4.51. The van der Waals surface area contributed by atoms with Crippen LogP contribution in [0.2, 0.25) is 0 Å². The van der Waals surface area contributed by atoms with Crippen LogP contribution in [0, 0.1) is 17.5 Å². The highest BCUT2D eigenvalue weighted by molar-refractivity contribution is 5.99. The lowest BCUT2D eigenvalue weighted by Crippen LogP contribution is -2.42. The molecule has 0 radical (unpaired) electrons. The first-order chi connectivity index (χ1) is 9.99. The van der Waals surface area contributed by atoms with Gasteiger partial charge in [-0.15, -0.1) is 0 Å². The van der Waals surface area contributed by atoms with E-state index in [9.17, 15) is 22.8 Å². The number of nitrogens with one attached hydrogen (secondary N) is 2. The van der Waals surface area contributed by atoms with Gasteiger partial charge in [0.15, 0.2) is 0 Å². The first-order valence-electron chi connectivity index (χ1n) is 5.79. The molecule has 0 bridgehead atoms. The Morgan fingerprint density at radius 1 is 0.762 bits per heavy atom. The maximum absolute atomic E-state index is 13.3. The molecule has 108 valence electrons. The topological polar surface area (TPSA) is 58.2 Å². The van der Waals surface area contributed by atoms with Gasteiger partial charge in [-0.2, -0.15) is 0 Å². The molecule has 4 nitrogen and oxygen atoms in total. The van der Waals surface area contributed by atoms with E-state index in [4.69, 9.17) is 0 Å². The molecular weight excluding hydrogens is 285 g/mol. The van der Waals surface area contributed by atoms with Crippen LogP contribution in [0.4, 0.5) is 13.2 Å². The van der Waals surface area contributed by atoms with E-state index in [-0.39, 0.29) is 5.56 Å². The molecule has 2 aromatic rings. The normalized spacial score (nSPS) is 10.0. The molecule has 0 atom stereocenters. The summed E-state index contributed by atoms with van der Waals surface area (Å²) < 4.78 is 39.6. The molecule has 2 amide bonds. The van der Waals surface area contributed by atoms with Crippen molar-refractivity contribution in [1.82, 2.24) is 10.9 Å². The van der Waals surface area contributed by atoms with Crippen LogP contribution in [-0.2, 0) is 0 Å². The van der Waals surface area contributed by atoms with Crippen LogP contribution in [0.3, 0.4) is 0 Å². The minimum absolute atomic E-state index is 0.294. The first-order valence-corrected chi connectivity index (χ1v) is 5.79. The Morgan fingerprint density at radius 3 is 2.00 bits per heavy atom. The van der Waals surface area contributed by atoms with E-state index in [1.54, 1.807) is 0 Å². The van der Waals surface area contributed by atoms with E-state index < -0.39 is 34.8 Å². The number of carbonyl (C=O) groups excluding carboxylic acids is 2. The smallest absolute Gasteiger partial charge is 0.267 e. The van der Waals surface area contributed by atoms with E-state index >= 15 is 0 Å². The van der Waals surface area contributed by atoms with Crippen LogP contribution in [-0.4, -0.2) is 11.8 Å². The van der Waals surface area contributed by atoms with Crippen LogP contribution in [0.1, 0.15) is 20.7 Å². The van der Waals surface area contributed by atoms with Gasteiger partial charge in [0.2, 0.25) is 0 Å². The van der Waals surface area contributed by atoms with Crippen molar-refractivity contribution in [3.05, 3.63) is 71.0 Å². The summed E-state index contributed by atoms with van der Waals surface area (Å²) in [6.45, 7) is 0. The van der Waals surface area contributed by atoms with E-state index in [1.165, 1.54) is 18.2 Å². The van der Waals surface area contributed by atoms with Crippen LogP contribution in [0.15, 0.2) is 42.5 Å². The molecule has 0 aromatic heterocycles. The van der Waals surface area contributed by atoms with Gasteiger partial charge in [-0.1, -0.05) is 12.1 Å². The molecule has 2 rings (SSSR count). The summed E-state index contributed by atoms with van der Waals surface area (Å²) >= 11 is 0. The SMILES string of the molecule is O=C(NNC(=O)c1cc(F)ccc1F)c1ccccc1F. The fourth-order valence-corrected chi connectivity index (χ4v) is 1.57. The fourth-order valence-electron chi connectivity index (χ4n) is 1.57. The van der Waals surface area contributed by atoms with Crippen molar-refractivity contribution in [1.29, 1.82) is 0 Å². The summed E-state index contributed by atoms with van der Waals surface area (Å²) in [6, 6.07) is 7.42. The van der Waals surface area contributed by atoms with Gasteiger partial charge in [0, 0.05) is 0 Å². The zero-order valence-corrected chi connectivity index (χ0v) is 10.5. The molecular formula is C14H9F3N2O2. The van der Waals surface area contributed by atoms with Gasteiger partial charge in [0.1, 0.15) is 17.5 Å². The Balaban J connectivity index is 2.06. The predicted molar refractivity (Wildman–Crippen MR) is 67.7 cm³/mol.